The Balaban J connectivity index is 1.68. The quantitative estimate of drug-likeness (QED) is 0.686. The van der Waals surface area contributed by atoms with Gasteiger partial charge in [0, 0.05) is 47.3 Å². The molecule has 1 fully saturated rings. The zero-order valence-corrected chi connectivity index (χ0v) is 15.5. The molecule has 0 saturated carbocycles. The van der Waals surface area contributed by atoms with Crippen LogP contribution in [-0.4, -0.2) is 51.9 Å². The molecular weight excluding hydrogens is 360 g/mol. The summed E-state index contributed by atoms with van der Waals surface area (Å²) in [6.45, 7) is 2.37. The highest BCUT2D eigenvalue weighted by Gasteiger charge is 2.31. The zero-order valence-electron chi connectivity index (χ0n) is 14.7. The summed E-state index contributed by atoms with van der Waals surface area (Å²) in [6, 6.07) is 12.0. The first-order valence-electron chi connectivity index (χ1n) is 8.94. The summed E-state index contributed by atoms with van der Waals surface area (Å²) in [5.41, 5.74) is 4.47. The topological polar surface area (TPSA) is 60.2 Å². The number of para-hydroxylation sites is 1. The van der Waals surface area contributed by atoms with Crippen LogP contribution in [0.15, 0.2) is 53.7 Å². The van der Waals surface area contributed by atoms with Crippen LogP contribution >= 0.6 is 11.8 Å². The number of rotatable bonds is 2. The number of nitrogens with zero attached hydrogens (tertiary/aromatic N) is 4. The number of carbonyl (C=O) groups is 1. The van der Waals surface area contributed by atoms with Crippen molar-refractivity contribution in [2.45, 2.75) is 10.6 Å². The molecule has 5 rings (SSSR count). The maximum atomic E-state index is 13.2. The molecule has 1 saturated heterocycles. The van der Waals surface area contributed by atoms with E-state index in [1.54, 1.807) is 18.0 Å². The number of carbonyl (C=O) groups excluding carboxylic acids is 1. The van der Waals surface area contributed by atoms with Gasteiger partial charge in [0.2, 0.25) is 0 Å². The van der Waals surface area contributed by atoms with Crippen LogP contribution in [0.2, 0.25) is 0 Å². The average Bonchev–Trinajstić information content (AvgIpc) is 3.15. The van der Waals surface area contributed by atoms with Crippen LogP contribution in [0.5, 0.6) is 0 Å². The highest BCUT2D eigenvalue weighted by atomic mass is 32.2. The van der Waals surface area contributed by atoms with Gasteiger partial charge in [0.05, 0.1) is 24.6 Å². The Kier molecular flexibility index (Phi) is 4.18. The number of morpholine rings is 1. The average molecular weight is 378 g/mol. The summed E-state index contributed by atoms with van der Waals surface area (Å²) in [5.74, 6) is 0.710. The van der Waals surface area contributed by atoms with Crippen molar-refractivity contribution in [1.82, 2.24) is 19.7 Å². The van der Waals surface area contributed by atoms with Crippen molar-refractivity contribution in [2.24, 2.45) is 0 Å². The van der Waals surface area contributed by atoms with E-state index >= 15 is 0 Å². The van der Waals surface area contributed by atoms with E-state index in [4.69, 9.17) is 9.84 Å². The first kappa shape index (κ1) is 16.5. The molecular formula is C20H18N4O2S. The van der Waals surface area contributed by atoms with E-state index in [1.165, 1.54) is 4.90 Å². The highest BCUT2D eigenvalue weighted by molar-refractivity contribution is 7.98. The van der Waals surface area contributed by atoms with Gasteiger partial charge in [-0.05, 0) is 18.2 Å². The summed E-state index contributed by atoms with van der Waals surface area (Å²) < 4.78 is 7.28. The van der Waals surface area contributed by atoms with Gasteiger partial charge in [-0.2, -0.15) is 5.10 Å². The fraction of sp³-hybridized carbons (Fsp3) is 0.250. The number of benzene rings is 1. The van der Waals surface area contributed by atoms with Crippen LogP contribution in [-0.2, 0) is 10.5 Å². The molecule has 0 radical (unpaired) electrons. The molecule has 0 bridgehead atoms. The van der Waals surface area contributed by atoms with E-state index in [9.17, 15) is 4.79 Å². The van der Waals surface area contributed by atoms with Crippen molar-refractivity contribution in [3.05, 3.63) is 60.0 Å². The second-order valence-electron chi connectivity index (χ2n) is 6.49. The van der Waals surface area contributed by atoms with E-state index in [0.717, 1.165) is 28.3 Å². The molecule has 0 aliphatic carbocycles. The summed E-state index contributed by atoms with van der Waals surface area (Å²) in [4.78, 5) is 20.5. The minimum Gasteiger partial charge on any atom is -0.378 e. The normalized spacial score (nSPS) is 15.9. The van der Waals surface area contributed by atoms with Gasteiger partial charge in [-0.15, -0.1) is 11.8 Å². The molecule has 3 aromatic rings. The maximum Gasteiger partial charge on any atom is 0.274 e. The lowest BCUT2D eigenvalue weighted by atomic mass is 10.1. The minimum absolute atomic E-state index is 0.0165. The molecule has 2 aromatic heterocycles. The van der Waals surface area contributed by atoms with Crippen LogP contribution in [0.25, 0.3) is 16.9 Å². The molecule has 4 heterocycles. The monoisotopic (exact) mass is 378 g/mol. The maximum absolute atomic E-state index is 13.2. The van der Waals surface area contributed by atoms with Crippen molar-refractivity contribution >= 4 is 17.7 Å². The van der Waals surface area contributed by atoms with Gasteiger partial charge in [0.15, 0.2) is 5.69 Å². The highest BCUT2D eigenvalue weighted by Crippen LogP contribution is 2.43. The number of fused-ring (bicyclic) bond motifs is 3. The lowest BCUT2D eigenvalue weighted by molar-refractivity contribution is 0.0298. The zero-order chi connectivity index (χ0) is 18.2. The van der Waals surface area contributed by atoms with Gasteiger partial charge < -0.3 is 9.64 Å². The Morgan fingerprint density at radius 3 is 2.74 bits per heavy atom. The fourth-order valence-corrected chi connectivity index (χ4v) is 4.58. The largest absolute Gasteiger partial charge is 0.378 e. The van der Waals surface area contributed by atoms with Gasteiger partial charge in [-0.3, -0.25) is 9.78 Å². The van der Waals surface area contributed by atoms with Gasteiger partial charge >= 0.3 is 0 Å². The van der Waals surface area contributed by atoms with Gasteiger partial charge in [-0.1, -0.05) is 18.2 Å². The van der Waals surface area contributed by atoms with Crippen molar-refractivity contribution in [3.8, 4) is 16.9 Å². The van der Waals surface area contributed by atoms with Crippen LogP contribution in [0, 0.1) is 0 Å². The predicted molar refractivity (Wildman–Crippen MR) is 103 cm³/mol. The Morgan fingerprint density at radius 2 is 1.93 bits per heavy atom. The summed E-state index contributed by atoms with van der Waals surface area (Å²) in [5, 5.41) is 4.78. The van der Waals surface area contributed by atoms with Crippen LogP contribution < -0.4 is 0 Å². The van der Waals surface area contributed by atoms with Crippen molar-refractivity contribution < 1.29 is 9.53 Å². The first-order chi connectivity index (χ1) is 13.3. The molecule has 0 atom stereocenters. The number of thioether (sulfide) groups is 1. The third-order valence-corrected chi connectivity index (χ3v) is 5.99. The van der Waals surface area contributed by atoms with E-state index in [0.29, 0.717) is 32.0 Å². The van der Waals surface area contributed by atoms with Gasteiger partial charge in [0.1, 0.15) is 0 Å². The van der Waals surface area contributed by atoms with E-state index in [-0.39, 0.29) is 5.91 Å². The minimum atomic E-state index is -0.0165. The standard InChI is InChI=1S/C20H18N4O2S/c25-20(23-8-10-26-11-9-23)18-16-13-27-17-6-7-21-12-15(17)19(16)24(22-18)14-4-2-1-3-5-14/h1-7,12H,8-11,13H2. The van der Waals surface area contributed by atoms with E-state index in [1.807, 2.05) is 52.2 Å². The lowest BCUT2D eigenvalue weighted by Gasteiger charge is -2.26. The Labute approximate surface area is 161 Å². The molecule has 6 nitrogen and oxygen atoms in total. The van der Waals surface area contributed by atoms with Gasteiger partial charge in [-0.25, -0.2) is 4.68 Å². The van der Waals surface area contributed by atoms with Crippen LogP contribution in [0.1, 0.15) is 16.1 Å². The van der Waals surface area contributed by atoms with Crippen LogP contribution in [0.3, 0.4) is 0 Å². The number of hydrogen-bond donors (Lipinski definition) is 0. The molecule has 1 aromatic carbocycles. The fourth-order valence-electron chi connectivity index (χ4n) is 3.54. The third-order valence-electron chi connectivity index (χ3n) is 4.89. The van der Waals surface area contributed by atoms with Crippen molar-refractivity contribution in [3.63, 3.8) is 0 Å². The van der Waals surface area contributed by atoms with Crippen LogP contribution in [0.4, 0.5) is 0 Å². The predicted octanol–water partition coefficient (Wildman–Crippen LogP) is 3.01. The first-order valence-corrected chi connectivity index (χ1v) is 9.93. The second kappa shape index (κ2) is 6.83. The smallest absolute Gasteiger partial charge is 0.274 e. The number of pyridine rings is 1. The summed E-state index contributed by atoms with van der Waals surface area (Å²) in [6.07, 6.45) is 3.67. The number of aromatic nitrogens is 3. The molecule has 27 heavy (non-hydrogen) atoms. The molecule has 1 amide bonds. The number of amides is 1. The Bertz CT molecular complexity index is 996. The number of ether oxygens (including phenoxy) is 1. The summed E-state index contributed by atoms with van der Waals surface area (Å²) in [7, 11) is 0. The van der Waals surface area contributed by atoms with E-state index < -0.39 is 0 Å². The molecule has 0 N–H and O–H groups in total. The number of hydrogen-bond acceptors (Lipinski definition) is 5. The summed E-state index contributed by atoms with van der Waals surface area (Å²) >= 11 is 1.73. The Morgan fingerprint density at radius 1 is 1.11 bits per heavy atom. The molecule has 2 aliphatic heterocycles. The van der Waals surface area contributed by atoms with E-state index in [2.05, 4.69) is 4.98 Å². The molecule has 0 unspecified atom stereocenters. The van der Waals surface area contributed by atoms with Gasteiger partial charge in [0.25, 0.3) is 5.91 Å². The lowest BCUT2D eigenvalue weighted by Crippen LogP contribution is -2.41. The molecule has 2 aliphatic rings. The molecule has 136 valence electrons. The van der Waals surface area contributed by atoms with Crippen molar-refractivity contribution in [2.75, 3.05) is 26.3 Å². The van der Waals surface area contributed by atoms with Crippen molar-refractivity contribution in [1.29, 1.82) is 0 Å². The third kappa shape index (κ3) is 2.83. The SMILES string of the molecule is O=C(c1nn(-c2ccccc2)c2c1CSc1ccncc1-2)N1CCOCC1. The second-order valence-corrected chi connectivity index (χ2v) is 7.51. The molecule has 7 heteroatoms. The molecule has 0 spiro atoms. The Hall–Kier alpha value is -2.64.